The van der Waals surface area contributed by atoms with Crippen molar-refractivity contribution in [2.75, 3.05) is 18.0 Å². The molecule has 1 saturated heterocycles. The van der Waals surface area contributed by atoms with Crippen molar-refractivity contribution in [3.05, 3.63) is 41.3 Å². The van der Waals surface area contributed by atoms with Gasteiger partial charge in [-0.2, -0.15) is 0 Å². The summed E-state index contributed by atoms with van der Waals surface area (Å²) in [6.45, 7) is 7.78. The fourth-order valence-corrected chi connectivity index (χ4v) is 3.69. The first kappa shape index (κ1) is 17.6. The van der Waals surface area contributed by atoms with E-state index >= 15 is 0 Å². The number of aryl methyl sites for hydroxylation is 3. The Hall–Kier alpha value is -2.83. The van der Waals surface area contributed by atoms with E-state index in [1.165, 1.54) is 6.33 Å². The van der Waals surface area contributed by atoms with Crippen LogP contribution in [0.5, 0.6) is 0 Å². The van der Waals surface area contributed by atoms with Gasteiger partial charge in [-0.15, -0.1) is 0 Å². The maximum atomic E-state index is 12.7. The molecule has 7 heteroatoms. The number of carbonyl (C=O) groups excluding carboxylic acids is 1. The lowest BCUT2D eigenvalue weighted by atomic mass is 9.96. The number of nitrogens with zero attached hydrogens (tertiary/aromatic N) is 3. The average molecular weight is 368 g/mol. The molecule has 0 saturated carbocycles. The molecule has 0 bridgehead atoms. The number of aromatic nitrogens is 2. The largest absolute Gasteiger partial charge is 0.465 e. The van der Waals surface area contributed by atoms with Crippen molar-refractivity contribution in [1.82, 2.24) is 15.3 Å². The molecular weight excluding hydrogens is 344 g/mol. The molecule has 1 aliphatic heterocycles. The summed E-state index contributed by atoms with van der Waals surface area (Å²) in [5.41, 5.74) is 1.66. The maximum absolute atomic E-state index is 12.7. The zero-order valence-electron chi connectivity index (χ0n) is 15.9. The van der Waals surface area contributed by atoms with Gasteiger partial charge in [-0.3, -0.25) is 4.79 Å². The van der Waals surface area contributed by atoms with Crippen LogP contribution < -0.4 is 10.2 Å². The number of hydrogen-bond acceptors (Lipinski definition) is 6. The Labute approximate surface area is 157 Å². The van der Waals surface area contributed by atoms with Gasteiger partial charge in [0.1, 0.15) is 29.4 Å². The molecule has 1 amide bonds. The number of anilines is 1. The Morgan fingerprint density at radius 3 is 2.89 bits per heavy atom. The second-order valence-electron chi connectivity index (χ2n) is 7.18. The van der Waals surface area contributed by atoms with Crippen molar-refractivity contribution >= 4 is 22.8 Å². The molecular formula is C20H24N4O3. The monoisotopic (exact) mass is 368 g/mol. The number of amides is 1. The van der Waals surface area contributed by atoms with Crippen molar-refractivity contribution in [1.29, 1.82) is 0 Å². The van der Waals surface area contributed by atoms with Gasteiger partial charge in [0.15, 0.2) is 0 Å². The zero-order chi connectivity index (χ0) is 19.0. The topological polar surface area (TPSA) is 84.4 Å². The van der Waals surface area contributed by atoms with Gasteiger partial charge in [0.05, 0.1) is 17.8 Å². The summed E-state index contributed by atoms with van der Waals surface area (Å²) in [7, 11) is 0. The first-order valence-electron chi connectivity index (χ1n) is 9.31. The number of nitrogens with one attached hydrogen (secondary N) is 1. The van der Waals surface area contributed by atoms with E-state index in [0.29, 0.717) is 18.8 Å². The molecule has 0 radical (unpaired) electrons. The number of hydrogen-bond donors (Lipinski definition) is 1. The number of carbonyl (C=O) groups is 1. The summed E-state index contributed by atoms with van der Waals surface area (Å²) in [4.78, 5) is 23.6. The van der Waals surface area contributed by atoms with Gasteiger partial charge in [-0.25, -0.2) is 9.97 Å². The van der Waals surface area contributed by atoms with Crippen LogP contribution in [0.2, 0.25) is 0 Å². The van der Waals surface area contributed by atoms with Crippen LogP contribution in [0.1, 0.15) is 35.7 Å². The van der Waals surface area contributed by atoms with E-state index in [9.17, 15) is 4.79 Å². The minimum Gasteiger partial charge on any atom is -0.465 e. The summed E-state index contributed by atoms with van der Waals surface area (Å²) in [5.74, 6) is 3.31. The molecule has 1 atom stereocenters. The molecule has 4 rings (SSSR count). The van der Waals surface area contributed by atoms with E-state index < -0.39 is 0 Å². The van der Waals surface area contributed by atoms with Gasteiger partial charge in [-0.05, 0) is 45.7 Å². The zero-order valence-corrected chi connectivity index (χ0v) is 15.9. The van der Waals surface area contributed by atoms with E-state index in [0.717, 1.165) is 53.4 Å². The molecule has 3 aromatic rings. The number of furan rings is 2. The maximum Gasteiger partial charge on any atom is 0.231 e. The lowest BCUT2D eigenvalue weighted by Crippen LogP contribution is -2.43. The van der Waals surface area contributed by atoms with Crippen molar-refractivity contribution in [3.8, 4) is 0 Å². The third-order valence-corrected chi connectivity index (χ3v) is 5.27. The van der Waals surface area contributed by atoms with Crippen molar-refractivity contribution in [2.24, 2.45) is 5.92 Å². The van der Waals surface area contributed by atoms with Crippen LogP contribution in [0, 0.1) is 26.7 Å². The predicted octanol–water partition coefficient (Wildman–Crippen LogP) is 3.27. The quantitative estimate of drug-likeness (QED) is 0.761. The lowest BCUT2D eigenvalue weighted by Gasteiger charge is -2.33. The first-order chi connectivity index (χ1) is 13.0. The molecule has 27 heavy (non-hydrogen) atoms. The molecule has 1 unspecified atom stereocenters. The Morgan fingerprint density at radius 2 is 2.11 bits per heavy atom. The molecule has 4 heterocycles. The third-order valence-electron chi connectivity index (χ3n) is 5.27. The van der Waals surface area contributed by atoms with Gasteiger partial charge in [0.2, 0.25) is 11.6 Å². The van der Waals surface area contributed by atoms with Gasteiger partial charge in [0.25, 0.3) is 0 Å². The van der Waals surface area contributed by atoms with Crippen LogP contribution in [0.3, 0.4) is 0 Å². The third kappa shape index (κ3) is 3.41. The second kappa shape index (κ2) is 7.06. The number of rotatable bonds is 4. The predicted molar refractivity (Wildman–Crippen MR) is 102 cm³/mol. The summed E-state index contributed by atoms with van der Waals surface area (Å²) in [6.07, 6.45) is 3.35. The lowest BCUT2D eigenvalue weighted by molar-refractivity contribution is -0.125. The van der Waals surface area contributed by atoms with Gasteiger partial charge in [0, 0.05) is 18.7 Å². The van der Waals surface area contributed by atoms with Crippen molar-refractivity contribution < 1.29 is 13.6 Å². The summed E-state index contributed by atoms with van der Waals surface area (Å²) >= 11 is 0. The molecule has 1 fully saturated rings. The second-order valence-corrected chi connectivity index (χ2v) is 7.18. The molecule has 142 valence electrons. The fourth-order valence-electron chi connectivity index (χ4n) is 3.69. The van der Waals surface area contributed by atoms with E-state index in [4.69, 9.17) is 8.83 Å². The SMILES string of the molecule is Cc1ccc(CNC(=O)C2CCCN(c3ncnc4oc(C)c(C)c34)C2)o1. The molecule has 7 nitrogen and oxygen atoms in total. The van der Waals surface area contributed by atoms with E-state index in [-0.39, 0.29) is 11.8 Å². The van der Waals surface area contributed by atoms with Crippen LogP contribution in [0.15, 0.2) is 27.3 Å². The van der Waals surface area contributed by atoms with Gasteiger partial charge < -0.3 is 19.1 Å². The number of fused-ring (bicyclic) bond motifs is 1. The highest BCUT2D eigenvalue weighted by atomic mass is 16.3. The minimum absolute atomic E-state index is 0.0548. The minimum atomic E-state index is -0.0758. The molecule has 0 spiro atoms. The van der Waals surface area contributed by atoms with Crippen LogP contribution in [0.4, 0.5) is 5.82 Å². The average Bonchev–Trinajstić information content (AvgIpc) is 3.22. The highest BCUT2D eigenvalue weighted by Gasteiger charge is 2.28. The molecule has 0 aromatic carbocycles. The van der Waals surface area contributed by atoms with Crippen LogP contribution in [-0.2, 0) is 11.3 Å². The van der Waals surface area contributed by atoms with E-state index in [1.807, 2.05) is 32.9 Å². The fraction of sp³-hybridized carbons (Fsp3) is 0.450. The van der Waals surface area contributed by atoms with Crippen molar-refractivity contribution in [2.45, 2.75) is 40.2 Å². The van der Waals surface area contributed by atoms with Crippen LogP contribution in [-0.4, -0.2) is 29.0 Å². The summed E-state index contributed by atoms with van der Waals surface area (Å²) in [5, 5.41) is 3.94. The van der Waals surface area contributed by atoms with Gasteiger partial charge >= 0.3 is 0 Å². The van der Waals surface area contributed by atoms with Gasteiger partial charge in [-0.1, -0.05) is 0 Å². The molecule has 0 aliphatic carbocycles. The van der Waals surface area contributed by atoms with Crippen LogP contribution >= 0.6 is 0 Å². The summed E-state index contributed by atoms with van der Waals surface area (Å²) < 4.78 is 11.2. The Morgan fingerprint density at radius 1 is 1.26 bits per heavy atom. The Bertz CT molecular complexity index is 975. The van der Waals surface area contributed by atoms with E-state index in [1.54, 1.807) is 0 Å². The van der Waals surface area contributed by atoms with Crippen molar-refractivity contribution in [3.63, 3.8) is 0 Å². The normalized spacial score (nSPS) is 17.4. The number of piperidine rings is 1. The standard InChI is InChI=1S/C20H24N4O3/c1-12-6-7-16(26-12)9-21-19(25)15-5-4-8-24(10-15)18-17-13(2)14(3)27-20(17)23-11-22-18/h6-7,11,15H,4-5,8-10H2,1-3H3,(H,21,25). The molecule has 3 aromatic heterocycles. The van der Waals surface area contributed by atoms with Crippen LogP contribution in [0.25, 0.3) is 11.1 Å². The smallest absolute Gasteiger partial charge is 0.231 e. The molecule has 1 N–H and O–H groups in total. The van der Waals surface area contributed by atoms with E-state index in [2.05, 4.69) is 20.2 Å². The first-order valence-corrected chi connectivity index (χ1v) is 9.31. The Kier molecular flexibility index (Phi) is 4.59. The molecule has 1 aliphatic rings. The Balaban J connectivity index is 1.49. The highest BCUT2D eigenvalue weighted by Crippen LogP contribution is 2.32. The highest BCUT2D eigenvalue weighted by molar-refractivity contribution is 5.90. The summed E-state index contributed by atoms with van der Waals surface area (Å²) in [6, 6.07) is 3.80.